The van der Waals surface area contributed by atoms with Gasteiger partial charge in [-0.3, -0.25) is 9.78 Å². The number of aromatic nitrogens is 3. The van der Waals surface area contributed by atoms with Crippen molar-refractivity contribution >= 4 is 16.6 Å². The van der Waals surface area contributed by atoms with E-state index in [2.05, 4.69) is 20.3 Å². The Morgan fingerprint density at radius 1 is 1.12 bits per heavy atom. The van der Waals surface area contributed by atoms with E-state index in [1.165, 1.54) is 19.2 Å². The number of pyridine rings is 1. The third-order valence-corrected chi connectivity index (χ3v) is 4.79. The first-order chi connectivity index (χ1) is 16.5. The standard InChI is InChI=1S/C23H17F2N5O2.C2H6/c1-32-21-10-17-19(11-20(21)27-5-4-26)29-22(30-23(17)31)6-13-2-3-18(28-12-13)14-7-15(24)9-16(25)8-14;1-2/h2-3,7-12,27H,5-6H2,1H3,(H,29,30,31);1-2H3. The Hall–Kier alpha value is -4.32. The van der Waals surface area contributed by atoms with Crippen LogP contribution in [0.5, 0.6) is 5.75 Å². The molecule has 0 saturated carbocycles. The van der Waals surface area contributed by atoms with Crippen LogP contribution in [0.25, 0.3) is 22.2 Å². The van der Waals surface area contributed by atoms with Crippen LogP contribution in [0.2, 0.25) is 0 Å². The Bertz CT molecular complexity index is 1380. The van der Waals surface area contributed by atoms with Crippen molar-refractivity contribution in [2.45, 2.75) is 20.3 Å². The summed E-state index contributed by atoms with van der Waals surface area (Å²) in [5, 5.41) is 12.1. The van der Waals surface area contributed by atoms with Crippen LogP contribution < -0.4 is 15.6 Å². The number of ether oxygens (including phenoxy) is 1. The number of benzene rings is 2. The van der Waals surface area contributed by atoms with Gasteiger partial charge in [-0.15, -0.1) is 0 Å². The van der Waals surface area contributed by atoms with Crippen LogP contribution in [0.15, 0.2) is 53.5 Å². The molecule has 7 nitrogen and oxygen atoms in total. The molecule has 0 aliphatic rings. The van der Waals surface area contributed by atoms with Crippen LogP contribution in [0.1, 0.15) is 25.2 Å². The van der Waals surface area contributed by atoms with Gasteiger partial charge in [-0.2, -0.15) is 5.26 Å². The fourth-order valence-electron chi connectivity index (χ4n) is 3.33. The van der Waals surface area contributed by atoms with Crippen molar-refractivity contribution in [2.75, 3.05) is 19.0 Å². The second-order valence-corrected chi connectivity index (χ2v) is 6.98. The number of H-pyrrole nitrogens is 1. The fraction of sp³-hybridized carbons (Fsp3) is 0.200. The molecule has 2 aromatic carbocycles. The molecule has 0 aliphatic heterocycles. The van der Waals surface area contributed by atoms with E-state index in [4.69, 9.17) is 10.00 Å². The van der Waals surface area contributed by atoms with E-state index in [0.29, 0.717) is 45.8 Å². The lowest BCUT2D eigenvalue weighted by Crippen LogP contribution is -2.13. The number of nitriles is 1. The van der Waals surface area contributed by atoms with Gasteiger partial charge in [-0.25, -0.2) is 13.8 Å². The minimum Gasteiger partial charge on any atom is -0.495 e. The number of aromatic amines is 1. The SMILES string of the molecule is CC.COc1cc2c(=O)[nH]c(Cc3ccc(-c4cc(F)cc(F)c4)nc3)nc2cc1NCC#N. The van der Waals surface area contributed by atoms with Gasteiger partial charge < -0.3 is 15.0 Å². The van der Waals surface area contributed by atoms with Gasteiger partial charge in [0, 0.05) is 24.2 Å². The zero-order chi connectivity index (χ0) is 24.7. The molecule has 9 heteroatoms. The highest BCUT2D eigenvalue weighted by molar-refractivity contribution is 5.85. The van der Waals surface area contributed by atoms with Gasteiger partial charge in [-0.1, -0.05) is 19.9 Å². The van der Waals surface area contributed by atoms with Crippen molar-refractivity contribution < 1.29 is 13.5 Å². The quantitative estimate of drug-likeness (QED) is 0.397. The first-order valence-electron chi connectivity index (χ1n) is 10.6. The summed E-state index contributed by atoms with van der Waals surface area (Å²) >= 11 is 0. The van der Waals surface area contributed by atoms with E-state index in [1.54, 1.807) is 30.5 Å². The summed E-state index contributed by atoms with van der Waals surface area (Å²) < 4.78 is 32.2. The molecule has 4 rings (SSSR count). The van der Waals surface area contributed by atoms with Gasteiger partial charge in [0.25, 0.3) is 5.56 Å². The molecule has 0 fully saturated rings. The van der Waals surface area contributed by atoms with Crippen LogP contribution in [0.4, 0.5) is 14.5 Å². The highest BCUT2D eigenvalue weighted by Crippen LogP contribution is 2.28. The topological polar surface area (TPSA) is 104 Å². The normalized spacial score (nSPS) is 10.2. The maximum atomic E-state index is 13.5. The summed E-state index contributed by atoms with van der Waals surface area (Å²) in [6.45, 7) is 4.07. The van der Waals surface area contributed by atoms with E-state index in [9.17, 15) is 13.6 Å². The molecule has 2 heterocycles. The molecule has 0 saturated heterocycles. The van der Waals surface area contributed by atoms with E-state index in [-0.39, 0.29) is 12.1 Å². The van der Waals surface area contributed by atoms with Gasteiger partial charge in [-0.05, 0) is 35.9 Å². The van der Waals surface area contributed by atoms with Gasteiger partial charge in [0.05, 0.1) is 35.5 Å². The molecule has 2 aromatic heterocycles. The Kier molecular flexibility index (Phi) is 7.88. The first-order valence-corrected chi connectivity index (χ1v) is 10.6. The Labute approximate surface area is 195 Å². The molecule has 2 N–H and O–H groups in total. The van der Waals surface area contributed by atoms with Crippen molar-refractivity contribution in [1.82, 2.24) is 15.0 Å². The first kappa shape index (κ1) is 24.3. The molecule has 0 unspecified atom stereocenters. The minimum atomic E-state index is -0.677. The van der Waals surface area contributed by atoms with E-state index in [1.807, 2.05) is 19.9 Å². The summed E-state index contributed by atoms with van der Waals surface area (Å²) in [7, 11) is 1.48. The van der Waals surface area contributed by atoms with E-state index < -0.39 is 11.6 Å². The zero-order valence-corrected chi connectivity index (χ0v) is 18.9. The van der Waals surface area contributed by atoms with Gasteiger partial charge >= 0.3 is 0 Å². The molecule has 0 aliphatic carbocycles. The lowest BCUT2D eigenvalue weighted by atomic mass is 10.1. The summed E-state index contributed by atoms with van der Waals surface area (Å²) in [5.74, 6) is -0.500. The largest absolute Gasteiger partial charge is 0.495 e. The lowest BCUT2D eigenvalue weighted by Gasteiger charge is -2.11. The number of fused-ring (bicyclic) bond motifs is 1. The maximum absolute atomic E-state index is 13.5. The minimum absolute atomic E-state index is 0.0745. The summed E-state index contributed by atoms with van der Waals surface area (Å²) in [6, 6.07) is 11.8. The summed E-state index contributed by atoms with van der Waals surface area (Å²) in [6.07, 6.45) is 1.86. The number of methoxy groups -OCH3 is 1. The highest BCUT2D eigenvalue weighted by atomic mass is 19.1. The number of hydrogen-bond acceptors (Lipinski definition) is 6. The molecular formula is C25H23F2N5O2. The number of hydrogen-bond donors (Lipinski definition) is 2. The molecule has 0 radical (unpaired) electrons. The Morgan fingerprint density at radius 2 is 1.85 bits per heavy atom. The van der Waals surface area contributed by atoms with Crippen molar-refractivity contribution in [1.29, 1.82) is 5.26 Å². The number of halogens is 2. The second-order valence-electron chi connectivity index (χ2n) is 6.98. The monoisotopic (exact) mass is 463 g/mol. The van der Waals surface area contributed by atoms with E-state index in [0.717, 1.165) is 11.6 Å². The maximum Gasteiger partial charge on any atom is 0.258 e. The molecule has 0 bridgehead atoms. The predicted molar refractivity (Wildman–Crippen MR) is 127 cm³/mol. The summed E-state index contributed by atoms with van der Waals surface area (Å²) in [4.78, 5) is 24.1. The van der Waals surface area contributed by atoms with Crippen LogP contribution in [0.3, 0.4) is 0 Å². The average Bonchev–Trinajstić information content (AvgIpc) is 2.83. The Balaban J connectivity index is 0.00000158. The van der Waals surface area contributed by atoms with Crippen molar-refractivity contribution in [3.8, 4) is 23.1 Å². The Morgan fingerprint density at radius 3 is 2.47 bits per heavy atom. The number of anilines is 1. The van der Waals surface area contributed by atoms with Gasteiger partial charge in [0.1, 0.15) is 29.8 Å². The fourth-order valence-corrected chi connectivity index (χ4v) is 3.33. The third kappa shape index (κ3) is 5.53. The van der Waals surface area contributed by atoms with Crippen LogP contribution in [-0.4, -0.2) is 28.6 Å². The zero-order valence-electron chi connectivity index (χ0n) is 18.9. The average molecular weight is 463 g/mol. The summed E-state index contributed by atoms with van der Waals surface area (Å²) in [5.41, 5.74) is 2.19. The van der Waals surface area contributed by atoms with Gasteiger partial charge in [0.15, 0.2) is 0 Å². The van der Waals surface area contributed by atoms with Crippen molar-refractivity contribution in [2.24, 2.45) is 0 Å². The molecule has 34 heavy (non-hydrogen) atoms. The molecule has 4 aromatic rings. The number of rotatable bonds is 6. The van der Waals surface area contributed by atoms with Crippen LogP contribution in [0, 0.1) is 23.0 Å². The van der Waals surface area contributed by atoms with E-state index >= 15 is 0 Å². The third-order valence-electron chi connectivity index (χ3n) is 4.79. The van der Waals surface area contributed by atoms with Crippen molar-refractivity contribution in [3.63, 3.8) is 0 Å². The molecule has 0 amide bonds. The van der Waals surface area contributed by atoms with Gasteiger partial charge in [0.2, 0.25) is 0 Å². The molecule has 174 valence electrons. The smallest absolute Gasteiger partial charge is 0.258 e. The highest BCUT2D eigenvalue weighted by Gasteiger charge is 2.11. The molecule has 0 atom stereocenters. The van der Waals surface area contributed by atoms with Crippen LogP contribution >= 0.6 is 0 Å². The van der Waals surface area contributed by atoms with Crippen molar-refractivity contribution in [3.05, 3.63) is 82.0 Å². The molecular weight excluding hydrogens is 440 g/mol. The lowest BCUT2D eigenvalue weighted by molar-refractivity contribution is 0.417. The number of nitrogens with zero attached hydrogens (tertiary/aromatic N) is 3. The predicted octanol–water partition coefficient (Wildman–Crippen LogP) is 4.82. The molecule has 0 spiro atoms. The second kappa shape index (κ2) is 11.0. The number of nitrogens with one attached hydrogen (secondary N) is 2. The van der Waals surface area contributed by atoms with Crippen LogP contribution in [-0.2, 0) is 6.42 Å².